The molecule has 1 N–H and O–H groups in total. The Morgan fingerprint density at radius 3 is 3.27 bits per heavy atom. The van der Waals surface area contributed by atoms with E-state index in [2.05, 4.69) is 46.9 Å². The van der Waals surface area contributed by atoms with Gasteiger partial charge in [-0.25, -0.2) is 0 Å². The maximum Gasteiger partial charge on any atom is 0.0359 e. The first-order chi connectivity index (χ1) is 7.40. The van der Waals surface area contributed by atoms with E-state index in [-0.39, 0.29) is 0 Å². The molecular formula is C12H20N2S. The fourth-order valence-corrected chi connectivity index (χ4v) is 3.35. The molecule has 0 aliphatic carbocycles. The van der Waals surface area contributed by atoms with E-state index < -0.39 is 0 Å². The van der Waals surface area contributed by atoms with Gasteiger partial charge in [0.05, 0.1) is 0 Å². The van der Waals surface area contributed by atoms with Crippen molar-refractivity contribution >= 4 is 11.8 Å². The molecule has 1 fully saturated rings. The summed E-state index contributed by atoms with van der Waals surface area (Å²) in [5, 5.41) is 3.57. The number of hydrogen-bond acceptors (Lipinski definition) is 2. The van der Waals surface area contributed by atoms with Gasteiger partial charge >= 0.3 is 0 Å². The molecule has 0 amide bonds. The largest absolute Gasteiger partial charge is 0.351 e. The fraction of sp³-hybridized carbons (Fsp3) is 0.667. The molecule has 1 aliphatic heterocycles. The number of rotatable bonds is 5. The van der Waals surface area contributed by atoms with Gasteiger partial charge in [0.1, 0.15) is 0 Å². The maximum absolute atomic E-state index is 3.57. The molecule has 84 valence electrons. The summed E-state index contributed by atoms with van der Waals surface area (Å²) >= 11 is 2.09. The fourth-order valence-electron chi connectivity index (χ4n) is 2.07. The summed E-state index contributed by atoms with van der Waals surface area (Å²) in [4.78, 5) is 0. The molecule has 0 bridgehead atoms. The highest BCUT2D eigenvalue weighted by atomic mass is 32.2. The molecule has 2 rings (SSSR count). The summed E-state index contributed by atoms with van der Waals surface area (Å²) in [5.74, 6) is 3.61. The van der Waals surface area contributed by atoms with Gasteiger partial charge in [-0.2, -0.15) is 11.8 Å². The minimum Gasteiger partial charge on any atom is -0.351 e. The van der Waals surface area contributed by atoms with Crippen LogP contribution in [-0.2, 0) is 13.1 Å². The summed E-state index contributed by atoms with van der Waals surface area (Å²) in [6.45, 7) is 5.46. The van der Waals surface area contributed by atoms with Crippen molar-refractivity contribution in [3.63, 3.8) is 0 Å². The van der Waals surface area contributed by atoms with Crippen LogP contribution in [0.25, 0.3) is 0 Å². The second-order valence-corrected chi connectivity index (χ2v) is 5.30. The van der Waals surface area contributed by atoms with Crippen molar-refractivity contribution in [2.24, 2.45) is 5.92 Å². The molecule has 1 unspecified atom stereocenters. The monoisotopic (exact) mass is 224 g/mol. The number of nitrogens with one attached hydrogen (secondary N) is 1. The lowest BCUT2D eigenvalue weighted by Crippen LogP contribution is -2.23. The van der Waals surface area contributed by atoms with Gasteiger partial charge in [-0.1, -0.05) is 0 Å². The molecule has 3 heteroatoms. The minimum atomic E-state index is 0.903. The first-order valence-electron chi connectivity index (χ1n) is 5.82. The molecule has 2 heterocycles. The Kier molecular flexibility index (Phi) is 4.15. The van der Waals surface area contributed by atoms with Crippen molar-refractivity contribution in [2.75, 3.05) is 18.1 Å². The lowest BCUT2D eigenvalue weighted by Gasteiger charge is -2.11. The van der Waals surface area contributed by atoms with Crippen LogP contribution in [0.15, 0.2) is 18.3 Å². The van der Waals surface area contributed by atoms with Crippen LogP contribution in [0, 0.1) is 5.92 Å². The highest BCUT2D eigenvalue weighted by Gasteiger charge is 2.14. The van der Waals surface area contributed by atoms with Crippen LogP contribution in [0.5, 0.6) is 0 Å². The zero-order chi connectivity index (χ0) is 10.5. The lowest BCUT2D eigenvalue weighted by atomic mass is 10.1. The summed E-state index contributed by atoms with van der Waals surface area (Å²) < 4.78 is 2.30. The second kappa shape index (κ2) is 5.61. The average molecular weight is 224 g/mol. The van der Waals surface area contributed by atoms with Gasteiger partial charge in [0, 0.05) is 25.0 Å². The predicted octanol–water partition coefficient (Wildman–Crippen LogP) is 2.35. The Morgan fingerprint density at radius 1 is 1.60 bits per heavy atom. The van der Waals surface area contributed by atoms with Crippen molar-refractivity contribution in [2.45, 2.75) is 26.4 Å². The van der Waals surface area contributed by atoms with Crippen LogP contribution in [0.2, 0.25) is 0 Å². The number of nitrogens with zero attached hydrogens (tertiary/aromatic N) is 1. The normalized spacial score (nSPS) is 21.0. The molecule has 15 heavy (non-hydrogen) atoms. The Hall–Kier alpha value is -0.410. The maximum atomic E-state index is 3.57. The Balaban J connectivity index is 1.73. The summed E-state index contributed by atoms with van der Waals surface area (Å²) in [5.41, 5.74) is 1.41. The molecule has 0 spiro atoms. The van der Waals surface area contributed by atoms with E-state index in [0.717, 1.165) is 19.0 Å². The summed E-state index contributed by atoms with van der Waals surface area (Å²) in [6.07, 6.45) is 3.55. The molecule has 1 aromatic rings. The van der Waals surface area contributed by atoms with Crippen LogP contribution in [0.3, 0.4) is 0 Å². The van der Waals surface area contributed by atoms with Gasteiger partial charge in [0.15, 0.2) is 0 Å². The molecule has 1 aromatic heterocycles. The average Bonchev–Trinajstić information content (AvgIpc) is 2.88. The first kappa shape index (κ1) is 11.1. The van der Waals surface area contributed by atoms with E-state index in [0.29, 0.717) is 0 Å². The molecule has 2 nitrogen and oxygen atoms in total. The zero-order valence-corrected chi connectivity index (χ0v) is 10.2. The minimum absolute atomic E-state index is 0.903. The van der Waals surface area contributed by atoms with Crippen LogP contribution < -0.4 is 5.32 Å². The first-order valence-corrected chi connectivity index (χ1v) is 6.98. The third kappa shape index (κ3) is 3.02. The Morgan fingerprint density at radius 2 is 2.53 bits per heavy atom. The van der Waals surface area contributed by atoms with Crippen molar-refractivity contribution < 1.29 is 0 Å². The van der Waals surface area contributed by atoms with Gasteiger partial charge in [0.25, 0.3) is 0 Å². The second-order valence-electron chi connectivity index (χ2n) is 4.15. The molecule has 1 aliphatic rings. The number of aromatic nitrogens is 1. The number of aryl methyl sites for hydroxylation is 1. The molecular weight excluding hydrogens is 204 g/mol. The van der Waals surface area contributed by atoms with E-state index in [4.69, 9.17) is 0 Å². The standard InChI is InChI=1S/C12H20N2S/c1-2-14-6-3-4-12(14)9-13-8-11-5-7-15-10-11/h3-4,6,11,13H,2,5,7-10H2,1H3. The van der Waals surface area contributed by atoms with Gasteiger partial charge in [0.2, 0.25) is 0 Å². The Labute approximate surface area is 96.4 Å². The van der Waals surface area contributed by atoms with Gasteiger partial charge in [-0.3, -0.25) is 0 Å². The van der Waals surface area contributed by atoms with Gasteiger partial charge in [-0.05, 0) is 49.4 Å². The smallest absolute Gasteiger partial charge is 0.0359 e. The quantitative estimate of drug-likeness (QED) is 0.827. The molecule has 1 saturated heterocycles. The van der Waals surface area contributed by atoms with Crippen LogP contribution in [-0.4, -0.2) is 22.6 Å². The highest BCUT2D eigenvalue weighted by molar-refractivity contribution is 7.99. The van der Waals surface area contributed by atoms with E-state index in [9.17, 15) is 0 Å². The van der Waals surface area contributed by atoms with Gasteiger partial charge < -0.3 is 9.88 Å². The zero-order valence-electron chi connectivity index (χ0n) is 9.41. The molecule has 0 aromatic carbocycles. The lowest BCUT2D eigenvalue weighted by molar-refractivity contribution is 0.513. The van der Waals surface area contributed by atoms with Crippen LogP contribution in [0.4, 0.5) is 0 Å². The third-order valence-electron chi connectivity index (χ3n) is 3.03. The van der Waals surface area contributed by atoms with Crippen LogP contribution >= 0.6 is 11.8 Å². The van der Waals surface area contributed by atoms with Crippen molar-refractivity contribution in [3.05, 3.63) is 24.0 Å². The van der Waals surface area contributed by atoms with Gasteiger partial charge in [-0.15, -0.1) is 0 Å². The van der Waals surface area contributed by atoms with Crippen molar-refractivity contribution in [1.82, 2.24) is 9.88 Å². The molecule has 0 saturated carbocycles. The van der Waals surface area contributed by atoms with Crippen molar-refractivity contribution in [1.29, 1.82) is 0 Å². The van der Waals surface area contributed by atoms with E-state index in [1.165, 1.54) is 30.2 Å². The van der Waals surface area contributed by atoms with Crippen LogP contribution in [0.1, 0.15) is 19.0 Å². The molecule has 1 atom stereocenters. The summed E-state index contributed by atoms with van der Waals surface area (Å²) in [6, 6.07) is 4.34. The predicted molar refractivity (Wildman–Crippen MR) is 67.2 cm³/mol. The van der Waals surface area contributed by atoms with E-state index in [1.54, 1.807) is 0 Å². The number of hydrogen-bond donors (Lipinski definition) is 1. The van der Waals surface area contributed by atoms with Crippen molar-refractivity contribution in [3.8, 4) is 0 Å². The SMILES string of the molecule is CCn1cccc1CNCC1CCSC1. The Bertz CT molecular complexity index is 290. The topological polar surface area (TPSA) is 17.0 Å². The van der Waals surface area contributed by atoms with E-state index in [1.807, 2.05) is 0 Å². The number of thioether (sulfide) groups is 1. The highest BCUT2D eigenvalue weighted by Crippen LogP contribution is 2.22. The summed E-state index contributed by atoms with van der Waals surface area (Å²) in [7, 11) is 0. The molecule has 0 radical (unpaired) electrons. The van der Waals surface area contributed by atoms with E-state index >= 15 is 0 Å². The third-order valence-corrected chi connectivity index (χ3v) is 4.26.